The first-order valence-corrected chi connectivity index (χ1v) is 2.41. The van der Waals surface area contributed by atoms with E-state index in [2.05, 4.69) is 0 Å². The molecule has 0 rings (SSSR count). The number of rotatable bonds is 0. The van der Waals surface area contributed by atoms with Crippen molar-refractivity contribution in [2.75, 3.05) is 0 Å². The van der Waals surface area contributed by atoms with Crippen LogP contribution in [0.3, 0.4) is 0 Å². The van der Waals surface area contributed by atoms with Crippen LogP contribution in [0.2, 0.25) is 0 Å². The standard InChI is InChI=1S/2C3H6O.Co/c2*1-3(2)4;/h2*1-2H3;/q;;+3. The Hall–Kier alpha value is -0.154. The topological polar surface area (TPSA) is 34.1 Å². The number of hydrogen-bond acceptors (Lipinski definition) is 2. The second-order valence-corrected chi connectivity index (χ2v) is 1.82. The van der Waals surface area contributed by atoms with Crippen LogP contribution in [0.5, 0.6) is 0 Å². The maximum atomic E-state index is 9.44. The van der Waals surface area contributed by atoms with Crippen LogP contribution in [-0.4, -0.2) is 11.6 Å². The normalized spacial score (nSPS) is 5.78. The summed E-state index contributed by atoms with van der Waals surface area (Å²) in [5, 5.41) is 0. The van der Waals surface area contributed by atoms with Crippen LogP contribution in [-0.2, 0) is 26.4 Å². The molecule has 0 radical (unpaired) electrons. The Kier molecular flexibility index (Phi) is 19.1. The molecule has 0 heterocycles. The molecule has 0 unspecified atom stereocenters. The van der Waals surface area contributed by atoms with E-state index < -0.39 is 0 Å². The van der Waals surface area contributed by atoms with Crippen molar-refractivity contribution in [2.45, 2.75) is 27.7 Å². The minimum Gasteiger partial charge on any atom is -0.300 e. The summed E-state index contributed by atoms with van der Waals surface area (Å²) in [6.45, 7) is 6.11. The minimum absolute atomic E-state index is 0. The molecule has 0 amide bonds. The fraction of sp³-hybridized carbons (Fsp3) is 0.667. The molecule has 0 spiro atoms. The molecule has 0 aromatic carbocycles. The molecule has 0 saturated carbocycles. The summed E-state index contributed by atoms with van der Waals surface area (Å²) in [4.78, 5) is 18.9. The third-order valence-corrected chi connectivity index (χ3v) is 0. The van der Waals surface area contributed by atoms with E-state index in [1.54, 1.807) is 0 Å². The molecule has 0 fully saturated rings. The first-order chi connectivity index (χ1) is 3.46. The first-order valence-electron chi connectivity index (χ1n) is 2.41. The van der Waals surface area contributed by atoms with E-state index in [1.165, 1.54) is 27.7 Å². The molecule has 9 heavy (non-hydrogen) atoms. The predicted octanol–water partition coefficient (Wildman–Crippen LogP) is 1.19. The van der Waals surface area contributed by atoms with Crippen molar-refractivity contribution in [2.24, 2.45) is 0 Å². The molecule has 0 aliphatic carbocycles. The SMILES string of the molecule is CC(C)=O.CC(C)=O.[Co+3]. The van der Waals surface area contributed by atoms with Crippen molar-refractivity contribution in [1.82, 2.24) is 0 Å². The molecular formula is C6H12CoO2+3. The Morgan fingerprint density at radius 3 is 0.778 bits per heavy atom. The van der Waals surface area contributed by atoms with Crippen LogP contribution in [0.1, 0.15) is 27.7 Å². The van der Waals surface area contributed by atoms with Gasteiger partial charge in [-0.3, -0.25) is 0 Å². The van der Waals surface area contributed by atoms with E-state index in [0.29, 0.717) is 0 Å². The van der Waals surface area contributed by atoms with E-state index in [1.807, 2.05) is 0 Å². The summed E-state index contributed by atoms with van der Waals surface area (Å²) >= 11 is 0. The fourth-order valence-corrected chi connectivity index (χ4v) is 0. The van der Waals surface area contributed by atoms with Crippen LogP contribution in [0.4, 0.5) is 0 Å². The van der Waals surface area contributed by atoms with Crippen molar-refractivity contribution >= 4 is 11.6 Å². The Balaban J connectivity index is -0.0000000720. The van der Waals surface area contributed by atoms with Gasteiger partial charge in [0.1, 0.15) is 11.6 Å². The number of Topliss-reactive ketones (excluding diaryl/α,β-unsaturated/α-hetero) is 2. The van der Waals surface area contributed by atoms with E-state index in [0.717, 1.165) is 0 Å². The molecule has 54 valence electrons. The molecule has 0 atom stereocenters. The van der Waals surface area contributed by atoms with Gasteiger partial charge in [0.05, 0.1) is 0 Å². The van der Waals surface area contributed by atoms with Gasteiger partial charge in [-0.15, -0.1) is 0 Å². The van der Waals surface area contributed by atoms with Crippen LogP contribution in [0.15, 0.2) is 0 Å². The molecular weight excluding hydrogens is 163 g/mol. The Labute approximate surface area is 66.2 Å². The van der Waals surface area contributed by atoms with Gasteiger partial charge in [-0.05, 0) is 27.7 Å². The van der Waals surface area contributed by atoms with Gasteiger partial charge in [-0.2, -0.15) is 0 Å². The van der Waals surface area contributed by atoms with Gasteiger partial charge < -0.3 is 9.59 Å². The molecule has 3 heteroatoms. The van der Waals surface area contributed by atoms with Crippen LogP contribution in [0.25, 0.3) is 0 Å². The van der Waals surface area contributed by atoms with Gasteiger partial charge in [0.25, 0.3) is 0 Å². The third kappa shape index (κ3) is 11400. The predicted molar refractivity (Wildman–Crippen MR) is 32.7 cm³/mol. The molecule has 0 N–H and O–H groups in total. The van der Waals surface area contributed by atoms with E-state index in [9.17, 15) is 9.59 Å². The number of carbonyl (C=O) groups is 2. The second kappa shape index (κ2) is 10.8. The molecule has 0 aliphatic heterocycles. The monoisotopic (exact) mass is 175 g/mol. The summed E-state index contributed by atoms with van der Waals surface area (Å²) in [7, 11) is 0. The molecule has 0 aromatic heterocycles. The summed E-state index contributed by atoms with van der Waals surface area (Å²) in [6.07, 6.45) is 0. The molecule has 2 nitrogen and oxygen atoms in total. The molecule has 0 bridgehead atoms. The summed E-state index contributed by atoms with van der Waals surface area (Å²) < 4.78 is 0. The van der Waals surface area contributed by atoms with E-state index >= 15 is 0 Å². The maximum Gasteiger partial charge on any atom is 3.00 e. The smallest absolute Gasteiger partial charge is 0.300 e. The largest absolute Gasteiger partial charge is 3.00 e. The Bertz CT molecular complexity index is 69.1. The van der Waals surface area contributed by atoms with Crippen molar-refractivity contribution in [3.63, 3.8) is 0 Å². The third-order valence-electron chi connectivity index (χ3n) is 0. The zero-order chi connectivity index (χ0) is 7.15. The van der Waals surface area contributed by atoms with Crippen molar-refractivity contribution in [3.05, 3.63) is 0 Å². The van der Waals surface area contributed by atoms with Crippen molar-refractivity contribution in [1.29, 1.82) is 0 Å². The van der Waals surface area contributed by atoms with Crippen LogP contribution >= 0.6 is 0 Å². The fourth-order valence-electron chi connectivity index (χ4n) is 0. The number of hydrogen-bond donors (Lipinski definition) is 0. The summed E-state index contributed by atoms with van der Waals surface area (Å²) in [5.74, 6) is 0.333. The number of carbonyl (C=O) groups excluding carboxylic acids is 2. The summed E-state index contributed by atoms with van der Waals surface area (Å²) in [6, 6.07) is 0. The van der Waals surface area contributed by atoms with E-state index in [4.69, 9.17) is 0 Å². The summed E-state index contributed by atoms with van der Waals surface area (Å²) in [5.41, 5.74) is 0. The second-order valence-electron chi connectivity index (χ2n) is 1.82. The van der Waals surface area contributed by atoms with Gasteiger partial charge in [0.2, 0.25) is 0 Å². The van der Waals surface area contributed by atoms with Gasteiger partial charge in [0.15, 0.2) is 0 Å². The average molecular weight is 175 g/mol. The maximum absolute atomic E-state index is 9.44. The van der Waals surface area contributed by atoms with Gasteiger partial charge >= 0.3 is 16.8 Å². The van der Waals surface area contributed by atoms with Gasteiger partial charge in [0, 0.05) is 0 Å². The Morgan fingerprint density at radius 2 is 0.778 bits per heavy atom. The van der Waals surface area contributed by atoms with Crippen molar-refractivity contribution < 1.29 is 26.4 Å². The molecule has 0 saturated heterocycles. The quantitative estimate of drug-likeness (QED) is 0.554. The minimum atomic E-state index is 0. The van der Waals surface area contributed by atoms with E-state index in [-0.39, 0.29) is 28.3 Å². The van der Waals surface area contributed by atoms with Gasteiger partial charge in [-0.1, -0.05) is 0 Å². The molecule has 0 aromatic rings. The molecule has 0 aliphatic rings. The van der Waals surface area contributed by atoms with Crippen LogP contribution in [0, 0.1) is 0 Å². The number of ketones is 2. The first kappa shape index (κ1) is 15.9. The van der Waals surface area contributed by atoms with Gasteiger partial charge in [-0.25, -0.2) is 0 Å². The average Bonchev–Trinajstić information content (AvgIpc) is 1.25. The zero-order valence-corrected chi connectivity index (χ0v) is 7.19. The van der Waals surface area contributed by atoms with Crippen molar-refractivity contribution in [3.8, 4) is 0 Å². The Morgan fingerprint density at radius 1 is 0.778 bits per heavy atom. The zero-order valence-electron chi connectivity index (χ0n) is 6.15. The van der Waals surface area contributed by atoms with Crippen LogP contribution < -0.4 is 0 Å².